The van der Waals surface area contributed by atoms with E-state index in [2.05, 4.69) is 15.4 Å². The maximum absolute atomic E-state index is 12.1. The average molecular weight is 336 g/mol. The third kappa shape index (κ3) is 5.46. The van der Waals surface area contributed by atoms with Crippen LogP contribution in [0.5, 0.6) is 5.75 Å². The third-order valence-electron chi connectivity index (χ3n) is 3.66. The molecule has 1 N–H and O–H groups in total. The van der Waals surface area contributed by atoms with Crippen LogP contribution >= 0.6 is 0 Å². The van der Waals surface area contributed by atoms with Crippen LogP contribution in [-0.4, -0.2) is 27.3 Å². The van der Waals surface area contributed by atoms with Gasteiger partial charge in [0.2, 0.25) is 5.91 Å². The van der Waals surface area contributed by atoms with E-state index in [4.69, 9.17) is 4.74 Å². The fraction of sp³-hybridized carbons (Fsp3) is 0.211. The molecule has 0 saturated carbocycles. The lowest BCUT2D eigenvalue weighted by Crippen LogP contribution is -2.12. The minimum absolute atomic E-state index is 0.0105. The van der Waals surface area contributed by atoms with E-state index < -0.39 is 0 Å². The van der Waals surface area contributed by atoms with Gasteiger partial charge >= 0.3 is 0 Å². The first-order valence-corrected chi connectivity index (χ1v) is 8.19. The largest absolute Gasteiger partial charge is 0.492 e. The van der Waals surface area contributed by atoms with E-state index in [1.807, 2.05) is 54.6 Å². The molecular formula is C19H20N4O2. The Balaban J connectivity index is 1.46. The molecule has 0 saturated heterocycles. The number of ether oxygens (including phenoxy) is 1. The highest BCUT2D eigenvalue weighted by atomic mass is 16.5. The van der Waals surface area contributed by atoms with E-state index in [9.17, 15) is 4.79 Å². The van der Waals surface area contributed by atoms with Gasteiger partial charge in [-0.05, 0) is 24.1 Å². The first kappa shape index (κ1) is 16.7. The lowest BCUT2D eigenvalue weighted by atomic mass is 10.1. The molecule has 0 fully saturated rings. The molecule has 6 nitrogen and oxygen atoms in total. The van der Waals surface area contributed by atoms with Crippen molar-refractivity contribution >= 4 is 11.6 Å². The zero-order valence-electron chi connectivity index (χ0n) is 13.8. The summed E-state index contributed by atoms with van der Waals surface area (Å²) in [5.74, 6) is 0.699. The van der Waals surface area contributed by atoms with Crippen molar-refractivity contribution in [2.45, 2.75) is 19.4 Å². The van der Waals surface area contributed by atoms with Crippen LogP contribution in [0.15, 0.2) is 67.3 Å². The fourth-order valence-corrected chi connectivity index (χ4v) is 2.39. The summed E-state index contributed by atoms with van der Waals surface area (Å²) >= 11 is 0. The van der Waals surface area contributed by atoms with Gasteiger partial charge in [0.05, 0.1) is 6.54 Å². The van der Waals surface area contributed by atoms with E-state index >= 15 is 0 Å². The molecule has 0 aliphatic carbocycles. The summed E-state index contributed by atoms with van der Waals surface area (Å²) in [6.45, 7) is 1.10. The standard InChI is InChI=1S/C19H20N4O2/c24-19(10-9-16-5-2-1-3-6-16)22-17-7-4-8-18(13-17)25-12-11-23-15-20-14-21-23/h1-8,13-15H,9-12H2,(H,22,24). The normalized spacial score (nSPS) is 10.4. The molecule has 1 heterocycles. The zero-order chi connectivity index (χ0) is 17.3. The molecule has 3 aromatic rings. The van der Waals surface area contributed by atoms with E-state index in [1.54, 1.807) is 11.0 Å². The summed E-state index contributed by atoms with van der Waals surface area (Å²) in [6.07, 6.45) is 4.31. The molecule has 128 valence electrons. The van der Waals surface area contributed by atoms with Crippen molar-refractivity contribution in [2.24, 2.45) is 0 Å². The van der Waals surface area contributed by atoms with E-state index in [1.165, 1.54) is 6.33 Å². The topological polar surface area (TPSA) is 69.0 Å². The number of aromatic nitrogens is 3. The van der Waals surface area contributed by atoms with E-state index in [0.717, 1.165) is 17.7 Å². The Morgan fingerprint density at radius 1 is 1.12 bits per heavy atom. The number of anilines is 1. The number of benzene rings is 2. The van der Waals surface area contributed by atoms with Gasteiger partial charge in [0.15, 0.2) is 0 Å². The van der Waals surface area contributed by atoms with Crippen LogP contribution in [0.4, 0.5) is 5.69 Å². The van der Waals surface area contributed by atoms with Gasteiger partial charge in [-0.15, -0.1) is 0 Å². The number of rotatable bonds is 8. The van der Waals surface area contributed by atoms with Crippen LogP contribution in [0, 0.1) is 0 Å². The van der Waals surface area contributed by atoms with Gasteiger partial charge in [-0.25, -0.2) is 9.67 Å². The number of carbonyl (C=O) groups is 1. The second kappa shape index (κ2) is 8.63. The van der Waals surface area contributed by atoms with Gasteiger partial charge in [-0.2, -0.15) is 5.10 Å². The fourth-order valence-electron chi connectivity index (χ4n) is 2.39. The summed E-state index contributed by atoms with van der Waals surface area (Å²) in [6, 6.07) is 17.4. The van der Waals surface area contributed by atoms with Gasteiger partial charge in [0.1, 0.15) is 25.0 Å². The number of amides is 1. The maximum Gasteiger partial charge on any atom is 0.224 e. The minimum atomic E-state index is -0.0105. The third-order valence-corrected chi connectivity index (χ3v) is 3.66. The van der Waals surface area contributed by atoms with E-state index in [-0.39, 0.29) is 5.91 Å². The first-order chi connectivity index (χ1) is 12.3. The lowest BCUT2D eigenvalue weighted by Gasteiger charge is -2.09. The van der Waals surface area contributed by atoms with Crippen LogP contribution in [0.25, 0.3) is 0 Å². The number of nitrogens with one attached hydrogen (secondary N) is 1. The number of hydrogen-bond acceptors (Lipinski definition) is 4. The minimum Gasteiger partial charge on any atom is -0.492 e. The van der Waals surface area contributed by atoms with Crippen molar-refractivity contribution < 1.29 is 9.53 Å². The quantitative estimate of drug-likeness (QED) is 0.687. The average Bonchev–Trinajstić information content (AvgIpc) is 3.15. The molecule has 2 aromatic carbocycles. The summed E-state index contributed by atoms with van der Waals surface area (Å²) in [7, 11) is 0. The van der Waals surface area contributed by atoms with Crippen molar-refractivity contribution in [3.05, 3.63) is 72.8 Å². The highest BCUT2D eigenvalue weighted by molar-refractivity contribution is 5.91. The molecule has 0 radical (unpaired) electrons. The van der Waals surface area contributed by atoms with Crippen molar-refractivity contribution in [3.8, 4) is 5.75 Å². The van der Waals surface area contributed by atoms with Crippen LogP contribution in [0.1, 0.15) is 12.0 Å². The van der Waals surface area contributed by atoms with E-state index in [0.29, 0.717) is 25.3 Å². The number of nitrogens with zero attached hydrogens (tertiary/aromatic N) is 3. The smallest absolute Gasteiger partial charge is 0.224 e. The molecule has 1 amide bonds. The van der Waals surface area contributed by atoms with Crippen LogP contribution < -0.4 is 10.1 Å². The Morgan fingerprint density at radius 3 is 2.80 bits per heavy atom. The summed E-state index contributed by atoms with van der Waals surface area (Å²) in [5.41, 5.74) is 1.89. The molecule has 1 aromatic heterocycles. The summed E-state index contributed by atoms with van der Waals surface area (Å²) in [4.78, 5) is 16.0. The predicted molar refractivity (Wildman–Crippen MR) is 95.4 cm³/mol. The monoisotopic (exact) mass is 336 g/mol. The molecule has 0 bridgehead atoms. The lowest BCUT2D eigenvalue weighted by molar-refractivity contribution is -0.116. The molecule has 25 heavy (non-hydrogen) atoms. The number of carbonyl (C=O) groups excluding carboxylic acids is 1. The zero-order valence-corrected chi connectivity index (χ0v) is 13.8. The van der Waals surface area contributed by atoms with Crippen LogP contribution in [0.3, 0.4) is 0 Å². The van der Waals surface area contributed by atoms with Crippen molar-refractivity contribution in [1.29, 1.82) is 0 Å². The highest BCUT2D eigenvalue weighted by Gasteiger charge is 2.04. The van der Waals surface area contributed by atoms with Gasteiger partial charge in [0.25, 0.3) is 0 Å². The van der Waals surface area contributed by atoms with Crippen molar-refractivity contribution in [1.82, 2.24) is 14.8 Å². The second-order valence-electron chi connectivity index (χ2n) is 5.57. The van der Waals surface area contributed by atoms with Gasteiger partial charge in [-0.1, -0.05) is 36.4 Å². The van der Waals surface area contributed by atoms with Gasteiger partial charge < -0.3 is 10.1 Å². The molecule has 0 unspecified atom stereocenters. The molecule has 0 aliphatic rings. The van der Waals surface area contributed by atoms with Crippen molar-refractivity contribution in [2.75, 3.05) is 11.9 Å². The Bertz CT molecular complexity index is 788. The number of aryl methyl sites for hydroxylation is 1. The first-order valence-electron chi connectivity index (χ1n) is 8.19. The molecule has 0 aliphatic heterocycles. The summed E-state index contributed by atoms with van der Waals surface area (Å²) in [5, 5.41) is 6.93. The highest BCUT2D eigenvalue weighted by Crippen LogP contribution is 2.17. The Hall–Kier alpha value is -3.15. The predicted octanol–water partition coefficient (Wildman–Crippen LogP) is 2.93. The van der Waals surface area contributed by atoms with Crippen LogP contribution in [0.2, 0.25) is 0 Å². The molecule has 0 spiro atoms. The van der Waals surface area contributed by atoms with Gasteiger partial charge in [-0.3, -0.25) is 4.79 Å². The molecular weight excluding hydrogens is 316 g/mol. The van der Waals surface area contributed by atoms with Gasteiger partial charge in [0, 0.05) is 18.2 Å². The van der Waals surface area contributed by atoms with Crippen LogP contribution in [-0.2, 0) is 17.8 Å². The SMILES string of the molecule is O=C(CCc1ccccc1)Nc1cccc(OCCn2cncn2)c1. The molecule has 6 heteroatoms. The Kier molecular flexibility index (Phi) is 5.77. The molecule has 3 rings (SSSR count). The second-order valence-corrected chi connectivity index (χ2v) is 5.57. The van der Waals surface area contributed by atoms with Crippen molar-refractivity contribution in [3.63, 3.8) is 0 Å². The number of hydrogen-bond donors (Lipinski definition) is 1. The Morgan fingerprint density at radius 2 is 2.00 bits per heavy atom. The maximum atomic E-state index is 12.1. The molecule has 0 atom stereocenters. The summed E-state index contributed by atoms with van der Waals surface area (Å²) < 4.78 is 7.39. The Labute approximate surface area is 146 Å².